The van der Waals surface area contributed by atoms with Crippen molar-refractivity contribution in [2.24, 2.45) is 5.41 Å². The Kier molecular flexibility index (Phi) is 7.14. The molecule has 0 atom stereocenters. The first-order chi connectivity index (χ1) is 8.58. The third-order valence-electron chi connectivity index (χ3n) is 2.57. The fraction of sp³-hybridized carbons (Fsp3) is 0.667. The minimum Gasteiger partial charge on any atom is -0.468 e. The summed E-state index contributed by atoms with van der Waals surface area (Å²) in [5, 5.41) is 17.2. The lowest BCUT2D eigenvalue weighted by Crippen LogP contribution is -2.41. The maximum atomic E-state index is 11.9. The van der Waals surface area contributed by atoms with Crippen LogP contribution in [0.3, 0.4) is 0 Å². The minimum absolute atomic E-state index is 0.00329. The summed E-state index contributed by atoms with van der Waals surface area (Å²) in [4.78, 5) is 23.8. The van der Waals surface area contributed by atoms with Crippen molar-refractivity contribution in [3.05, 3.63) is 0 Å². The Morgan fingerprint density at radius 3 is 1.94 bits per heavy atom. The highest BCUT2D eigenvalue weighted by Crippen LogP contribution is 2.33. The molecule has 0 fully saturated rings. The molecule has 0 aromatic carbocycles. The molecule has 6 heteroatoms. The van der Waals surface area contributed by atoms with Gasteiger partial charge in [-0.2, -0.15) is 10.5 Å². The third-order valence-corrected chi connectivity index (χ3v) is 2.57. The molecule has 0 aromatic heterocycles. The van der Waals surface area contributed by atoms with Gasteiger partial charge in [-0.1, -0.05) is 0 Å². The fourth-order valence-corrected chi connectivity index (χ4v) is 1.62. The summed E-state index contributed by atoms with van der Waals surface area (Å²) in [6.45, 7) is 1.74. The van der Waals surface area contributed by atoms with Gasteiger partial charge < -0.3 is 9.47 Å². The molecule has 0 radical (unpaired) electrons. The predicted octanol–water partition coefficient (Wildman–Crippen LogP) is 1.32. The van der Waals surface area contributed by atoms with E-state index in [1.165, 1.54) is 0 Å². The van der Waals surface area contributed by atoms with Crippen molar-refractivity contribution in [2.45, 2.75) is 32.6 Å². The van der Waals surface area contributed by atoms with Crippen LogP contribution in [0.25, 0.3) is 0 Å². The van der Waals surface area contributed by atoms with Crippen LogP contribution in [-0.2, 0) is 19.1 Å². The van der Waals surface area contributed by atoms with Gasteiger partial charge in [0.05, 0.1) is 25.9 Å². The second-order valence-corrected chi connectivity index (χ2v) is 3.61. The van der Waals surface area contributed by atoms with Crippen molar-refractivity contribution >= 4 is 11.9 Å². The molecule has 0 aliphatic rings. The van der Waals surface area contributed by atoms with Crippen molar-refractivity contribution in [1.82, 2.24) is 0 Å². The molecule has 0 heterocycles. The van der Waals surface area contributed by atoms with Crippen molar-refractivity contribution in [1.29, 1.82) is 10.5 Å². The highest BCUT2D eigenvalue weighted by atomic mass is 16.6. The van der Waals surface area contributed by atoms with Crippen LogP contribution in [0.5, 0.6) is 0 Å². The van der Waals surface area contributed by atoms with E-state index in [9.17, 15) is 9.59 Å². The molecular weight excluding hydrogens is 236 g/mol. The number of ether oxygens (including phenoxy) is 2. The largest absolute Gasteiger partial charge is 0.468 e. The Balaban J connectivity index is 5.25. The zero-order valence-corrected chi connectivity index (χ0v) is 10.6. The van der Waals surface area contributed by atoms with Crippen LogP contribution < -0.4 is 0 Å². The first kappa shape index (κ1) is 15.9. The Hall–Kier alpha value is -2.08. The smallest absolute Gasteiger partial charge is 0.323 e. The van der Waals surface area contributed by atoms with Crippen LogP contribution in [0.15, 0.2) is 0 Å². The number of carbonyl (C=O) groups excluding carboxylic acids is 2. The molecule has 0 aromatic rings. The molecule has 0 saturated heterocycles. The van der Waals surface area contributed by atoms with E-state index >= 15 is 0 Å². The topological polar surface area (TPSA) is 100 Å². The lowest BCUT2D eigenvalue weighted by molar-refractivity contribution is -0.171. The molecular formula is C12H16N2O4. The normalized spacial score (nSPS) is 10.0. The highest BCUT2D eigenvalue weighted by molar-refractivity contribution is 6.00. The lowest BCUT2D eigenvalue weighted by Gasteiger charge is -2.26. The molecule has 6 nitrogen and oxygen atoms in total. The summed E-state index contributed by atoms with van der Waals surface area (Å²) in [6.07, 6.45) is 0.0199. The molecule has 0 N–H and O–H groups in total. The average molecular weight is 252 g/mol. The predicted molar refractivity (Wildman–Crippen MR) is 60.8 cm³/mol. The minimum atomic E-state index is -1.55. The van der Waals surface area contributed by atoms with Gasteiger partial charge in [-0.3, -0.25) is 9.59 Å². The number of nitriles is 2. The zero-order valence-electron chi connectivity index (χ0n) is 10.6. The van der Waals surface area contributed by atoms with Crippen LogP contribution in [0.2, 0.25) is 0 Å². The van der Waals surface area contributed by atoms with Crippen molar-refractivity contribution < 1.29 is 19.1 Å². The molecule has 0 unspecified atom stereocenters. The van der Waals surface area contributed by atoms with Crippen LogP contribution >= 0.6 is 0 Å². The van der Waals surface area contributed by atoms with E-state index in [1.54, 1.807) is 6.92 Å². The number of rotatable bonds is 7. The molecule has 0 spiro atoms. The molecule has 0 amide bonds. The number of esters is 2. The van der Waals surface area contributed by atoms with E-state index in [0.29, 0.717) is 0 Å². The van der Waals surface area contributed by atoms with Gasteiger partial charge in [0, 0.05) is 12.8 Å². The Bertz CT molecular complexity index is 361. The summed E-state index contributed by atoms with van der Waals surface area (Å²) in [6, 6.07) is 3.75. The lowest BCUT2D eigenvalue weighted by atomic mass is 9.79. The third kappa shape index (κ3) is 3.74. The van der Waals surface area contributed by atoms with Crippen molar-refractivity contribution in [3.63, 3.8) is 0 Å². The number of methoxy groups -OCH3 is 1. The second-order valence-electron chi connectivity index (χ2n) is 3.61. The summed E-state index contributed by atoms with van der Waals surface area (Å²) in [5.41, 5.74) is -1.55. The molecule has 0 bridgehead atoms. The summed E-state index contributed by atoms with van der Waals surface area (Å²) in [7, 11) is 1.16. The maximum Gasteiger partial charge on any atom is 0.323 e. The van der Waals surface area contributed by atoms with Gasteiger partial charge in [-0.05, 0) is 19.8 Å². The van der Waals surface area contributed by atoms with Gasteiger partial charge in [0.1, 0.15) is 0 Å². The first-order valence-corrected chi connectivity index (χ1v) is 5.58. The van der Waals surface area contributed by atoms with E-state index in [4.69, 9.17) is 15.3 Å². The van der Waals surface area contributed by atoms with E-state index in [0.717, 1.165) is 7.11 Å². The highest BCUT2D eigenvalue weighted by Gasteiger charge is 2.47. The molecule has 0 rings (SSSR count). The van der Waals surface area contributed by atoms with Gasteiger partial charge >= 0.3 is 11.9 Å². The van der Waals surface area contributed by atoms with Gasteiger partial charge in [-0.25, -0.2) is 0 Å². The van der Waals surface area contributed by atoms with E-state index in [2.05, 4.69) is 4.74 Å². The average Bonchev–Trinajstić information content (AvgIpc) is 2.38. The van der Waals surface area contributed by atoms with E-state index < -0.39 is 17.4 Å². The number of hydrogen-bond acceptors (Lipinski definition) is 6. The van der Waals surface area contributed by atoms with Crippen molar-refractivity contribution in [3.8, 4) is 12.1 Å². The molecule has 0 aliphatic carbocycles. The quantitative estimate of drug-likeness (QED) is 0.500. The summed E-state index contributed by atoms with van der Waals surface area (Å²) < 4.78 is 9.48. The van der Waals surface area contributed by atoms with Crippen LogP contribution in [0.4, 0.5) is 0 Å². The van der Waals surface area contributed by atoms with Gasteiger partial charge in [0.15, 0.2) is 5.41 Å². The van der Waals surface area contributed by atoms with Crippen LogP contribution in [0.1, 0.15) is 32.6 Å². The summed E-state index contributed by atoms with van der Waals surface area (Å²) in [5.74, 6) is -1.49. The Morgan fingerprint density at radius 2 is 1.61 bits per heavy atom. The first-order valence-electron chi connectivity index (χ1n) is 5.58. The molecule has 0 aliphatic heterocycles. The molecule has 18 heavy (non-hydrogen) atoms. The van der Waals surface area contributed by atoms with Gasteiger partial charge in [0.2, 0.25) is 0 Å². The Morgan fingerprint density at radius 1 is 1.11 bits per heavy atom. The summed E-state index contributed by atoms with van der Waals surface area (Å²) >= 11 is 0. The zero-order chi connectivity index (χ0) is 14.0. The molecule has 98 valence electrons. The SMILES string of the molecule is CCOC(=O)C(CCC#N)(CCC#N)C(=O)OC. The van der Waals surface area contributed by atoms with Gasteiger partial charge in [-0.15, -0.1) is 0 Å². The van der Waals surface area contributed by atoms with E-state index in [-0.39, 0.29) is 32.3 Å². The maximum absolute atomic E-state index is 11.9. The van der Waals surface area contributed by atoms with Gasteiger partial charge in [0.25, 0.3) is 0 Å². The van der Waals surface area contributed by atoms with Crippen molar-refractivity contribution in [2.75, 3.05) is 13.7 Å². The number of carbonyl (C=O) groups is 2. The standard InChI is InChI=1S/C12H16N2O4/c1-3-18-11(16)12(6-4-8-13,7-5-9-14)10(15)17-2/h3-7H2,1-2H3. The van der Waals surface area contributed by atoms with Crippen LogP contribution in [0, 0.1) is 28.1 Å². The van der Waals surface area contributed by atoms with E-state index in [1.807, 2.05) is 12.1 Å². The monoisotopic (exact) mass is 252 g/mol. The number of nitrogens with zero attached hydrogens (tertiary/aromatic N) is 2. The van der Waals surface area contributed by atoms with Crippen LogP contribution in [-0.4, -0.2) is 25.7 Å². The molecule has 0 saturated carbocycles. The fourth-order valence-electron chi connectivity index (χ4n) is 1.62. The second kappa shape index (κ2) is 8.08. The Labute approximate surface area is 106 Å². The number of hydrogen-bond donors (Lipinski definition) is 0.